The molecule has 39 heavy (non-hydrogen) atoms. The summed E-state index contributed by atoms with van der Waals surface area (Å²) in [5, 5.41) is 13.2. The average Bonchev–Trinajstić information content (AvgIpc) is 2.96. The minimum atomic E-state index is -0.0938. The fourth-order valence-electron chi connectivity index (χ4n) is 5.09. The molecule has 0 bridgehead atoms. The predicted octanol–water partition coefficient (Wildman–Crippen LogP) is 4.48. The van der Waals surface area contributed by atoms with Crippen molar-refractivity contribution < 1.29 is 14.3 Å². The number of carbonyl (C=O) groups excluding carboxylic acids is 1. The van der Waals surface area contributed by atoms with Crippen LogP contribution in [-0.2, 0) is 9.47 Å². The van der Waals surface area contributed by atoms with Crippen molar-refractivity contribution >= 4 is 23.8 Å². The third kappa shape index (κ3) is 10.6. The largest absolute Gasteiger partial charge is 0.377 e. The molecule has 2 aliphatic carbocycles. The van der Waals surface area contributed by atoms with Gasteiger partial charge < -0.3 is 30.7 Å². The van der Waals surface area contributed by atoms with Crippen LogP contribution < -0.4 is 21.3 Å². The van der Waals surface area contributed by atoms with Crippen molar-refractivity contribution in [3.63, 3.8) is 0 Å². The van der Waals surface area contributed by atoms with Gasteiger partial charge in [-0.1, -0.05) is 44.4 Å². The van der Waals surface area contributed by atoms with Gasteiger partial charge in [-0.2, -0.15) is 15.0 Å². The zero-order valence-corrected chi connectivity index (χ0v) is 23.3. The SMILES string of the molecule is CC1CCC(Nc2nc(NCCOCCOCCNC(=O)c3ccccc3)nc(NC3CCCCC3)n2)CC1. The lowest BCUT2D eigenvalue weighted by Crippen LogP contribution is -2.28. The summed E-state index contributed by atoms with van der Waals surface area (Å²) in [4.78, 5) is 26.0. The molecule has 214 valence electrons. The summed E-state index contributed by atoms with van der Waals surface area (Å²) in [7, 11) is 0. The van der Waals surface area contributed by atoms with Gasteiger partial charge >= 0.3 is 0 Å². The van der Waals surface area contributed by atoms with Crippen LogP contribution in [0.3, 0.4) is 0 Å². The fraction of sp³-hybridized carbons (Fsp3) is 0.655. The summed E-state index contributed by atoms with van der Waals surface area (Å²) in [6.45, 7) is 5.27. The molecule has 2 aromatic rings. The Labute approximate surface area is 232 Å². The van der Waals surface area contributed by atoms with E-state index in [2.05, 4.69) is 38.2 Å². The van der Waals surface area contributed by atoms with Crippen LogP contribution in [0.2, 0.25) is 0 Å². The summed E-state index contributed by atoms with van der Waals surface area (Å²) in [5.41, 5.74) is 0.648. The molecule has 2 saturated carbocycles. The van der Waals surface area contributed by atoms with Crippen LogP contribution in [0.15, 0.2) is 30.3 Å². The number of nitrogens with zero attached hydrogens (tertiary/aromatic N) is 3. The monoisotopic (exact) mass is 539 g/mol. The van der Waals surface area contributed by atoms with Gasteiger partial charge in [0.1, 0.15) is 0 Å². The molecule has 1 amide bonds. The first-order valence-corrected chi connectivity index (χ1v) is 14.7. The van der Waals surface area contributed by atoms with Gasteiger partial charge in [0, 0.05) is 30.7 Å². The lowest BCUT2D eigenvalue weighted by atomic mass is 9.87. The van der Waals surface area contributed by atoms with Crippen LogP contribution in [0.5, 0.6) is 0 Å². The topological polar surface area (TPSA) is 122 Å². The number of anilines is 3. The van der Waals surface area contributed by atoms with E-state index in [1.807, 2.05) is 18.2 Å². The molecule has 0 aliphatic heterocycles. The van der Waals surface area contributed by atoms with Gasteiger partial charge in [-0.25, -0.2) is 0 Å². The maximum atomic E-state index is 12.0. The van der Waals surface area contributed by atoms with Crippen LogP contribution in [0.25, 0.3) is 0 Å². The van der Waals surface area contributed by atoms with E-state index in [9.17, 15) is 4.79 Å². The Morgan fingerprint density at radius 1 is 0.744 bits per heavy atom. The first-order chi connectivity index (χ1) is 19.2. The maximum absolute atomic E-state index is 12.0. The Kier molecular flexibility index (Phi) is 12.1. The number of ether oxygens (including phenoxy) is 2. The molecule has 4 N–H and O–H groups in total. The highest BCUT2D eigenvalue weighted by atomic mass is 16.5. The molecule has 1 aromatic heterocycles. The van der Waals surface area contributed by atoms with E-state index >= 15 is 0 Å². The van der Waals surface area contributed by atoms with Gasteiger partial charge in [0.25, 0.3) is 5.91 Å². The van der Waals surface area contributed by atoms with Crippen molar-refractivity contribution in [1.82, 2.24) is 20.3 Å². The molecule has 10 heteroatoms. The van der Waals surface area contributed by atoms with Crippen molar-refractivity contribution in [2.24, 2.45) is 5.92 Å². The summed E-state index contributed by atoms with van der Waals surface area (Å²) >= 11 is 0. The van der Waals surface area contributed by atoms with E-state index in [0.29, 0.717) is 75.0 Å². The molecule has 0 spiro atoms. The Morgan fingerprint density at radius 3 is 2.00 bits per heavy atom. The molecule has 0 radical (unpaired) electrons. The molecule has 1 aromatic carbocycles. The molecular formula is C29H45N7O3. The van der Waals surface area contributed by atoms with Crippen molar-refractivity contribution in [2.45, 2.75) is 76.8 Å². The normalized spacial score (nSPS) is 19.8. The van der Waals surface area contributed by atoms with Crippen molar-refractivity contribution in [3.05, 3.63) is 35.9 Å². The first-order valence-electron chi connectivity index (χ1n) is 14.7. The molecule has 1 heterocycles. The van der Waals surface area contributed by atoms with Gasteiger partial charge in [0.05, 0.1) is 26.4 Å². The number of hydrogen-bond acceptors (Lipinski definition) is 9. The Balaban J connectivity index is 1.14. The van der Waals surface area contributed by atoms with Crippen molar-refractivity contribution in [2.75, 3.05) is 55.5 Å². The zero-order chi connectivity index (χ0) is 27.1. The first kappa shape index (κ1) is 29.0. The summed E-state index contributed by atoms with van der Waals surface area (Å²) in [5.74, 6) is 2.54. The third-order valence-electron chi connectivity index (χ3n) is 7.39. The maximum Gasteiger partial charge on any atom is 0.251 e. The highest BCUT2D eigenvalue weighted by Gasteiger charge is 2.20. The van der Waals surface area contributed by atoms with Crippen molar-refractivity contribution in [3.8, 4) is 0 Å². The molecule has 10 nitrogen and oxygen atoms in total. The highest BCUT2D eigenvalue weighted by Crippen LogP contribution is 2.26. The minimum absolute atomic E-state index is 0.0938. The summed E-state index contributed by atoms with van der Waals surface area (Å²) in [6.07, 6.45) is 10.9. The molecule has 2 fully saturated rings. The van der Waals surface area contributed by atoms with E-state index in [4.69, 9.17) is 14.5 Å². The smallest absolute Gasteiger partial charge is 0.251 e. The molecular weight excluding hydrogens is 494 g/mol. The van der Waals surface area contributed by atoms with Crippen LogP contribution in [0.4, 0.5) is 17.8 Å². The number of aromatic nitrogens is 3. The van der Waals surface area contributed by atoms with Gasteiger partial charge in [0.15, 0.2) is 0 Å². The van der Waals surface area contributed by atoms with Gasteiger partial charge in [0.2, 0.25) is 17.8 Å². The van der Waals surface area contributed by atoms with E-state index < -0.39 is 0 Å². The van der Waals surface area contributed by atoms with Gasteiger partial charge in [-0.05, 0) is 56.6 Å². The summed E-state index contributed by atoms with van der Waals surface area (Å²) < 4.78 is 11.2. The second kappa shape index (κ2) is 16.2. The third-order valence-corrected chi connectivity index (χ3v) is 7.39. The van der Waals surface area contributed by atoms with Crippen LogP contribution in [0, 0.1) is 5.92 Å². The van der Waals surface area contributed by atoms with Crippen LogP contribution >= 0.6 is 0 Å². The fourth-order valence-corrected chi connectivity index (χ4v) is 5.09. The standard InChI is InChI=1S/C29H45N7O3/c1-22-12-14-25(15-13-22)33-29-35-27(34-28(36-29)32-24-10-6-3-7-11-24)31-17-19-39-21-20-38-18-16-30-26(37)23-8-4-2-5-9-23/h2,4-5,8-9,22,24-25H,3,6-7,10-21H2,1H3,(H,30,37)(H3,31,32,33,34,35,36). The Morgan fingerprint density at radius 2 is 1.33 bits per heavy atom. The lowest BCUT2D eigenvalue weighted by molar-refractivity contribution is 0.0519. The number of rotatable bonds is 15. The number of amides is 1. The second-order valence-electron chi connectivity index (χ2n) is 10.7. The van der Waals surface area contributed by atoms with E-state index in [1.165, 1.54) is 32.1 Å². The molecule has 2 aliphatic rings. The Bertz CT molecular complexity index is 980. The minimum Gasteiger partial charge on any atom is -0.377 e. The quantitative estimate of drug-likeness (QED) is 0.243. The second-order valence-corrected chi connectivity index (χ2v) is 10.7. The lowest BCUT2D eigenvalue weighted by Gasteiger charge is -2.27. The van der Waals surface area contributed by atoms with Crippen LogP contribution in [-0.4, -0.2) is 72.5 Å². The van der Waals surface area contributed by atoms with E-state index in [0.717, 1.165) is 31.6 Å². The summed E-state index contributed by atoms with van der Waals surface area (Å²) in [6, 6.07) is 9.99. The average molecular weight is 540 g/mol. The highest BCUT2D eigenvalue weighted by molar-refractivity contribution is 5.94. The molecule has 0 atom stereocenters. The van der Waals surface area contributed by atoms with Crippen molar-refractivity contribution in [1.29, 1.82) is 0 Å². The zero-order valence-electron chi connectivity index (χ0n) is 23.3. The van der Waals surface area contributed by atoms with Gasteiger partial charge in [-0.3, -0.25) is 4.79 Å². The Hall–Kier alpha value is -2.98. The predicted molar refractivity (Wildman–Crippen MR) is 154 cm³/mol. The number of hydrogen-bond donors (Lipinski definition) is 4. The number of carbonyl (C=O) groups is 1. The van der Waals surface area contributed by atoms with Gasteiger partial charge in [-0.15, -0.1) is 0 Å². The molecule has 4 rings (SSSR count). The number of nitrogens with one attached hydrogen (secondary N) is 4. The number of benzene rings is 1. The van der Waals surface area contributed by atoms with Crippen LogP contribution in [0.1, 0.15) is 75.1 Å². The molecule has 0 saturated heterocycles. The van der Waals surface area contributed by atoms with E-state index in [-0.39, 0.29) is 5.91 Å². The van der Waals surface area contributed by atoms with E-state index in [1.54, 1.807) is 12.1 Å². The molecule has 0 unspecified atom stereocenters.